The fourth-order valence-corrected chi connectivity index (χ4v) is 4.82. The summed E-state index contributed by atoms with van der Waals surface area (Å²) < 4.78 is 12.0. The summed E-state index contributed by atoms with van der Waals surface area (Å²) in [5.74, 6) is 1.47. The van der Waals surface area contributed by atoms with Crippen molar-refractivity contribution in [3.8, 4) is 11.5 Å². The number of ether oxygens (including phenoxy) is 2. The number of carbonyl (C=O) groups excluding carboxylic acids is 1. The molecule has 0 saturated carbocycles. The Morgan fingerprint density at radius 2 is 1.97 bits per heavy atom. The molecule has 182 valence electrons. The number of rotatable bonds is 10. The topological polar surface area (TPSA) is 59.9 Å². The van der Waals surface area contributed by atoms with E-state index >= 15 is 0 Å². The van der Waals surface area contributed by atoms with Crippen molar-refractivity contribution < 1.29 is 14.3 Å². The average molecular weight is 489 g/mol. The third-order valence-electron chi connectivity index (χ3n) is 6.10. The number of nitrogens with one attached hydrogen (secondary N) is 1. The van der Waals surface area contributed by atoms with Crippen LogP contribution >= 0.6 is 11.8 Å². The smallest absolute Gasteiger partial charge is 0.163 e. The number of carbonyl (C=O) groups is 1. The van der Waals surface area contributed by atoms with Crippen LogP contribution in [-0.2, 0) is 13.0 Å². The number of benzene rings is 3. The lowest BCUT2D eigenvalue weighted by Crippen LogP contribution is -2.20. The molecule has 1 aliphatic heterocycles. The van der Waals surface area contributed by atoms with Gasteiger partial charge in [-0.2, -0.15) is 5.10 Å². The number of Topliss-reactive ketones (excluding diaryl/α,β-unsaturated/α-hetero) is 1. The van der Waals surface area contributed by atoms with E-state index in [-0.39, 0.29) is 5.78 Å². The van der Waals surface area contributed by atoms with Crippen LogP contribution in [-0.4, -0.2) is 24.1 Å². The second-order valence-electron chi connectivity index (χ2n) is 8.74. The molecule has 0 aromatic heterocycles. The van der Waals surface area contributed by atoms with E-state index < -0.39 is 0 Å². The SMILES string of the molecule is CCC(C)N/N=C(\C)c1cccc(Sc2ccccc2COc2ccc(C(C)=O)c3c2CCO3)c1. The first-order valence-corrected chi connectivity index (χ1v) is 12.9. The van der Waals surface area contributed by atoms with Crippen LogP contribution in [0.2, 0.25) is 0 Å². The number of hydrogen-bond donors (Lipinski definition) is 1. The van der Waals surface area contributed by atoms with Gasteiger partial charge in [0.1, 0.15) is 18.1 Å². The highest BCUT2D eigenvalue weighted by molar-refractivity contribution is 7.99. The lowest BCUT2D eigenvalue weighted by molar-refractivity contribution is 0.101. The van der Waals surface area contributed by atoms with E-state index in [2.05, 4.69) is 60.8 Å². The van der Waals surface area contributed by atoms with Crippen LogP contribution in [0.5, 0.6) is 11.5 Å². The standard InChI is InChI=1S/C29H32N2O3S/c1-5-19(2)30-31-20(3)22-10-8-11-24(17-22)35-28-12-7-6-9-23(28)18-34-27-14-13-25(21(4)32)29-26(27)15-16-33-29/h6-14,17,19,30H,5,15-16,18H2,1-4H3/b31-20+. The molecule has 0 saturated heterocycles. The largest absolute Gasteiger partial charge is 0.492 e. The van der Waals surface area contributed by atoms with Gasteiger partial charge in [-0.3, -0.25) is 4.79 Å². The molecule has 0 radical (unpaired) electrons. The number of hydrazone groups is 1. The first-order chi connectivity index (χ1) is 17.0. The van der Waals surface area contributed by atoms with Crippen LogP contribution < -0.4 is 14.9 Å². The van der Waals surface area contributed by atoms with E-state index in [9.17, 15) is 4.79 Å². The molecule has 0 amide bonds. The molecule has 1 atom stereocenters. The molecule has 6 heteroatoms. The second-order valence-corrected chi connectivity index (χ2v) is 9.85. The molecular weight excluding hydrogens is 456 g/mol. The van der Waals surface area contributed by atoms with Crippen molar-refractivity contribution >= 4 is 23.3 Å². The molecule has 4 rings (SSSR count). The molecule has 1 aliphatic rings. The molecule has 3 aromatic carbocycles. The number of ketones is 1. The van der Waals surface area contributed by atoms with E-state index in [0.717, 1.165) is 50.8 Å². The maximum absolute atomic E-state index is 11.9. The minimum atomic E-state index is 0.00890. The molecular formula is C29H32N2O3S. The molecule has 0 fully saturated rings. The quantitative estimate of drug-likeness (QED) is 0.196. The monoisotopic (exact) mass is 488 g/mol. The number of fused-ring (bicyclic) bond motifs is 1. The summed E-state index contributed by atoms with van der Waals surface area (Å²) in [4.78, 5) is 14.2. The predicted octanol–water partition coefficient (Wildman–Crippen LogP) is 6.67. The predicted molar refractivity (Wildman–Crippen MR) is 142 cm³/mol. The fraction of sp³-hybridized carbons (Fsp3) is 0.310. The minimum absolute atomic E-state index is 0.00890. The zero-order valence-electron chi connectivity index (χ0n) is 20.8. The molecule has 5 nitrogen and oxygen atoms in total. The lowest BCUT2D eigenvalue weighted by atomic mass is 10.0. The first kappa shape index (κ1) is 24.9. The highest BCUT2D eigenvalue weighted by Crippen LogP contribution is 2.38. The third kappa shape index (κ3) is 6.06. The second kappa shape index (κ2) is 11.5. The van der Waals surface area contributed by atoms with Gasteiger partial charge in [-0.1, -0.05) is 49.0 Å². The van der Waals surface area contributed by atoms with E-state index in [1.54, 1.807) is 24.8 Å². The van der Waals surface area contributed by atoms with E-state index in [1.165, 1.54) is 0 Å². The summed E-state index contributed by atoms with van der Waals surface area (Å²) >= 11 is 1.72. The van der Waals surface area contributed by atoms with Gasteiger partial charge in [-0.25, -0.2) is 0 Å². The fourth-order valence-electron chi connectivity index (χ4n) is 3.83. The Morgan fingerprint density at radius 3 is 2.77 bits per heavy atom. The lowest BCUT2D eigenvalue weighted by Gasteiger charge is -2.14. The third-order valence-corrected chi connectivity index (χ3v) is 7.20. The van der Waals surface area contributed by atoms with Crippen LogP contribution in [0.3, 0.4) is 0 Å². The average Bonchev–Trinajstić information content (AvgIpc) is 3.36. The number of hydrogen-bond acceptors (Lipinski definition) is 6. The zero-order chi connectivity index (χ0) is 24.8. The Labute approximate surface area is 211 Å². The minimum Gasteiger partial charge on any atom is -0.492 e. The molecule has 0 spiro atoms. The van der Waals surface area contributed by atoms with Crippen LogP contribution in [0.25, 0.3) is 0 Å². The van der Waals surface area contributed by atoms with Gasteiger partial charge in [0.05, 0.1) is 17.9 Å². The van der Waals surface area contributed by atoms with Crippen molar-refractivity contribution in [1.29, 1.82) is 0 Å². The zero-order valence-corrected chi connectivity index (χ0v) is 21.6. The van der Waals surface area contributed by atoms with E-state index in [1.807, 2.05) is 25.1 Å². The van der Waals surface area contributed by atoms with Crippen molar-refractivity contribution in [3.63, 3.8) is 0 Å². The Balaban J connectivity index is 1.49. The van der Waals surface area contributed by atoms with Crippen molar-refractivity contribution in [2.75, 3.05) is 6.61 Å². The van der Waals surface area contributed by atoms with Gasteiger partial charge in [0.25, 0.3) is 0 Å². The molecule has 3 aromatic rings. The summed E-state index contributed by atoms with van der Waals surface area (Å²) in [6, 6.07) is 20.8. The first-order valence-electron chi connectivity index (χ1n) is 12.0. The highest BCUT2D eigenvalue weighted by Gasteiger charge is 2.23. The Hall–Kier alpha value is -3.25. The Bertz CT molecular complexity index is 1240. The summed E-state index contributed by atoms with van der Waals surface area (Å²) in [6.45, 7) is 8.88. The maximum Gasteiger partial charge on any atom is 0.163 e. The highest BCUT2D eigenvalue weighted by atomic mass is 32.2. The van der Waals surface area contributed by atoms with Crippen LogP contribution in [0.15, 0.2) is 75.6 Å². The molecule has 1 N–H and O–H groups in total. The van der Waals surface area contributed by atoms with Gasteiger partial charge >= 0.3 is 0 Å². The van der Waals surface area contributed by atoms with Gasteiger partial charge in [0, 0.05) is 33.4 Å². The van der Waals surface area contributed by atoms with Crippen LogP contribution in [0.4, 0.5) is 0 Å². The molecule has 1 unspecified atom stereocenters. The summed E-state index contributed by atoms with van der Waals surface area (Å²) in [6.07, 6.45) is 1.78. The number of nitrogens with zero attached hydrogens (tertiary/aromatic N) is 1. The molecule has 0 aliphatic carbocycles. The van der Waals surface area contributed by atoms with Crippen molar-refractivity contribution in [1.82, 2.24) is 5.43 Å². The van der Waals surface area contributed by atoms with Gasteiger partial charge in [0.2, 0.25) is 0 Å². The van der Waals surface area contributed by atoms with Gasteiger partial charge in [0.15, 0.2) is 5.78 Å². The van der Waals surface area contributed by atoms with Crippen molar-refractivity contribution in [2.24, 2.45) is 5.10 Å². The van der Waals surface area contributed by atoms with Gasteiger partial charge < -0.3 is 14.9 Å². The van der Waals surface area contributed by atoms with E-state index in [4.69, 9.17) is 9.47 Å². The van der Waals surface area contributed by atoms with Gasteiger partial charge in [-0.15, -0.1) is 0 Å². The Kier molecular flexibility index (Phi) is 8.13. The van der Waals surface area contributed by atoms with E-state index in [0.29, 0.717) is 30.6 Å². The molecule has 0 bridgehead atoms. The summed E-state index contributed by atoms with van der Waals surface area (Å²) in [5.41, 5.74) is 7.98. The summed E-state index contributed by atoms with van der Waals surface area (Å²) in [5, 5.41) is 4.55. The molecule has 35 heavy (non-hydrogen) atoms. The maximum atomic E-state index is 11.9. The van der Waals surface area contributed by atoms with Crippen LogP contribution in [0.1, 0.15) is 61.2 Å². The summed E-state index contributed by atoms with van der Waals surface area (Å²) in [7, 11) is 0. The molecule has 1 heterocycles. The van der Waals surface area contributed by atoms with Crippen molar-refractivity contribution in [2.45, 2.75) is 63.0 Å². The van der Waals surface area contributed by atoms with Gasteiger partial charge in [-0.05, 0) is 63.1 Å². The van der Waals surface area contributed by atoms with Crippen molar-refractivity contribution in [3.05, 3.63) is 82.9 Å². The normalized spacial score (nSPS) is 13.7. The van der Waals surface area contributed by atoms with Crippen LogP contribution in [0, 0.1) is 0 Å². The Morgan fingerprint density at radius 1 is 1.14 bits per heavy atom.